The van der Waals surface area contributed by atoms with Gasteiger partial charge in [0, 0.05) is 18.3 Å². The van der Waals surface area contributed by atoms with E-state index in [4.69, 9.17) is 21.7 Å². The van der Waals surface area contributed by atoms with Crippen LogP contribution in [-0.4, -0.2) is 31.9 Å². The van der Waals surface area contributed by atoms with Crippen LogP contribution in [0.25, 0.3) is 0 Å². The van der Waals surface area contributed by atoms with Crippen molar-refractivity contribution in [3.05, 3.63) is 54.1 Å². The maximum absolute atomic E-state index is 5.81. The average Bonchev–Trinajstić information content (AvgIpc) is 2.75. The average molecular weight is 399 g/mol. The van der Waals surface area contributed by atoms with Crippen LogP contribution >= 0.6 is 12.2 Å². The number of hydrogen-bond acceptors (Lipinski definition) is 3. The number of methoxy groups -OCH3 is 2. The molecule has 1 fully saturated rings. The van der Waals surface area contributed by atoms with Crippen molar-refractivity contribution in [3.8, 4) is 11.5 Å². The third-order valence-corrected chi connectivity index (χ3v) is 5.67. The number of nitrogens with one attached hydrogen (secondary N) is 1. The Morgan fingerprint density at radius 2 is 1.71 bits per heavy atom. The van der Waals surface area contributed by atoms with Gasteiger partial charge in [0.25, 0.3) is 0 Å². The molecule has 0 aliphatic heterocycles. The predicted octanol–water partition coefficient (Wildman–Crippen LogP) is 4.96. The molecule has 0 amide bonds. The molecular weight excluding hydrogens is 368 g/mol. The lowest BCUT2D eigenvalue weighted by Gasteiger charge is -2.36. The van der Waals surface area contributed by atoms with E-state index in [1.807, 2.05) is 12.1 Å². The lowest BCUT2D eigenvalue weighted by molar-refractivity contribution is 0.354. The first-order chi connectivity index (χ1) is 13.7. The van der Waals surface area contributed by atoms with Gasteiger partial charge in [-0.15, -0.1) is 0 Å². The summed E-state index contributed by atoms with van der Waals surface area (Å²) >= 11 is 5.81. The molecule has 0 radical (unpaired) electrons. The summed E-state index contributed by atoms with van der Waals surface area (Å²) in [5, 5.41) is 4.30. The molecule has 2 aromatic rings. The van der Waals surface area contributed by atoms with Crippen molar-refractivity contribution >= 4 is 23.0 Å². The molecule has 1 N–H and O–H groups in total. The van der Waals surface area contributed by atoms with Gasteiger partial charge in [-0.2, -0.15) is 0 Å². The Bertz CT molecular complexity index is 760. The zero-order valence-electron chi connectivity index (χ0n) is 16.8. The number of benzene rings is 2. The smallest absolute Gasteiger partial charge is 0.173 e. The Balaban J connectivity index is 1.64. The number of ether oxygens (including phenoxy) is 2. The van der Waals surface area contributed by atoms with Crippen molar-refractivity contribution in [1.29, 1.82) is 0 Å². The molecule has 2 aromatic carbocycles. The maximum Gasteiger partial charge on any atom is 0.173 e. The number of thiocarbonyl (C=S) groups is 1. The fraction of sp³-hybridized carbons (Fsp3) is 0.435. The Kier molecular flexibility index (Phi) is 7.54. The molecule has 0 saturated heterocycles. The summed E-state index contributed by atoms with van der Waals surface area (Å²) < 4.78 is 10.7. The zero-order valence-corrected chi connectivity index (χ0v) is 17.6. The minimum Gasteiger partial charge on any atom is -0.493 e. The molecule has 1 saturated carbocycles. The van der Waals surface area contributed by atoms with Crippen LogP contribution < -0.4 is 19.7 Å². The molecule has 1 aliphatic carbocycles. The second-order valence-corrected chi connectivity index (χ2v) is 7.56. The van der Waals surface area contributed by atoms with E-state index in [1.165, 1.54) is 43.4 Å². The number of anilines is 1. The van der Waals surface area contributed by atoms with Gasteiger partial charge in [0.05, 0.1) is 14.2 Å². The largest absolute Gasteiger partial charge is 0.493 e. The van der Waals surface area contributed by atoms with Crippen molar-refractivity contribution in [2.75, 3.05) is 25.7 Å². The Morgan fingerprint density at radius 3 is 2.39 bits per heavy atom. The minimum absolute atomic E-state index is 0.484. The summed E-state index contributed by atoms with van der Waals surface area (Å²) in [5.74, 6) is 1.51. The zero-order chi connectivity index (χ0) is 19.8. The monoisotopic (exact) mass is 398 g/mol. The number of rotatable bonds is 7. The predicted molar refractivity (Wildman–Crippen MR) is 120 cm³/mol. The van der Waals surface area contributed by atoms with Gasteiger partial charge in [0.2, 0.25) is 0 Å². The molecule has 0 aromatic heterocycles. The molecule has 3 rings (SSSR count). The van der Waals surface area contributed by atoms with Gasteiger partial charge in [-0.05, 0) is 61.3 Å². The minimum atomic E-state index is 0.484. The van der Waals surface area contributed by atoms with E-state index >= 15 is 0 Å². The molecular formula is C23H30N2O2S. The highest BCUT2D eigenvalue weighted by atomic mass is 32.1. The summed E-state index contributed by atoms with van der Waals surface area (Å²) in [5.41, 5.74) is 2.37. The van der Waals surface area contributed by atoms with E-state index in [0.717, 1.165) is 29.6 Å². The first-order valence-electron chi connectivity index (χ1n) is 10.1. The third kappa shape index (κ3) is 5.16. The van der Waals surface area contributed by atoms with Crippen molar-refractivity contribution in [2.24, 2.45) is 0 Å². The second kappa shape index (κ2) is 10.3. The molecule has 0 unspecified atom stereocenters. The fourth-order valence-corrected chi connectivity index (χ4v) is 4.21. The SMILES string of the molecule is COc1ccc(CCNC(=S)N(c2ccccc2)C2CCCCC2)cc1OC. The van der Waals surface area contributed by atoms with E-state index < -0.39 is 0 Å². The number of para-hydroxylation sites is 1. The Labute approximate surface area is 173 Å². The summed E-state index contributed by atoms with van der Waals surface area (Å²) in [6.07, 6.45) is 7.16. The summed E-state index contributed by atoms with van der Waals surface area (Å²) in [6, 6.07) is 17.0. The van der Waals surface area contributed by atoms with Crippen molar-refractivity contribution < 1.29 is 9.47 Å². The van der Waals surface area contributed by atoms with Crippen LogP contribution in [0.4, 0.5) is 5.69 Å². The van der Waals surface area contributed by atoms with E-state index in [2.05, 4.69) is 46.6 Å². The molecule has 28 heavy (non-hydrogen) atoms. The Hall–Kier alpha value is -2.27. The molecule has 4 nitrogen and oxygen atoms in total. The first-order valence-corrected chi connectivity index (χ1v) is 10.5. The van der Waals surface area contributed by atoms with E-state index in [1.54, 1.807) is 14.2 Å². The highest BCUT2D eigenvalue weighted by Gasteiger charge is 2.24. The van der Waals surface area contributed by atoms with Gasteiger partial charge in [-0.1, -0.05) is 43.5 Å². The van der Waals surface area contributed by atoms with Gasteiger partial charge >= 0.3 is 0 Å². The summed E-state index contributed by atoms with van der Waals surface area (Å²) in [6.45, 7) is 0.782. The van der Waals surface area contributed by atoms with E-state index in [0.29, 0.717) is 6.04 Å². The number of hydrogen-bond donors (Lipinski definition) is 1. The molecule has 0 heterocycles. The van der Waals surface area contributed by atoms with Crippen LogP contribution in [0.15, 0.2) is 48.5 Å². The topological polar surface area (TPSA) is 33.7 Å². The normalized spacial score (nSPS) is 14.4. The van der Waals surface area contributed by atoms with Crippen molar-refractivity contribution in [1.82, 2.24) is 5.32 Å². The highest BCUT2D eigenvalue weighted by Crippen LogP contribution is 2.28. The molecule has 0 atom stereocenters. The lowest BCUT2D eigenvalue weighted by Crippen LogP contribution is -2.47. The van der Waals surface area contributed by atoms with Gasteiger partial charge in [-0.25, -0.2) is 0 Å². The quantitative estimate of drug-likeness (QED) is 0.667. The van der Waals surface area contributed by atoms with Crippen LogP contribution in [0.3, 0.4) is 0 Å². The van der Waals surface area contributed by atoms with Crippen LogP contribution in [0.1, 0.15) is 37.7 Å². The van der Waals surface area contributed by atoms with Crippen LogP contribution in [0.2, 0.25) is 0 Å². The second-order valence-electron chi connectivity index (χ2n) is 7.17. The van der Waals surface area contributed by atoms with Crippen molar-refractivity contribution in [2.45, 2.75) is 44.6 Å². The Morgan fingerprint density at radius 1 is 1.00 bits per heavy atom. The van der Waals surface area contributed by atoms with Gasteiger partial charge < -0.3 is 19.7 Å². The molecule has 150 valence electrons. The van der Waals surface area contributed by atoms with Gasteiger partial charge in [-0.3, -0.25) is 0 Å². The van der Waals surface area contributed by atoms with Crippen LogP contribution in [0.5, 0.6) is 11.5 Å². The highest BCUT2D eigenvalue weighted by molar-refractivity contribution is 7.80. The van der Waals surface area contributed by atoms with Gasteiger partial charge in [0.15, 0.2) is 16.6 Å². The fourth-order valence-electron chi connectivity index (χ4n) is 3.86. The van der Waals surface area contributed by atoms with Crippen LogP contribution in [0, 0.1) is 0 Å². The van der Waals surface area contributed by atoms with Crippen LogP contribution in [-0.2, 0) is 6.42 Å². The van der Waals surface area contributed by atoms with E-state index in [9.17, 15) is 0 Å². The summed E-state index contributed by atoms with van der Waals surface area (Å²) in [4.78, 5) is 2.32. The molecule has 0 spiro atoms. The number of nitrogens with zero attached hydrogens (tertiary/aromatic N) is 1. The third-order valence-electron chi connectivity index (χ3n) is 5.33. The first kappa shape index (κ1) is 20.5. The maximum atomic E-state index is 5.81. The molecule has 5 heteroatoms. The molecule has 0 bridgehead atoms. The van der Waals surface area contributed by atoms with E-state index in [-0.39, 0.29) is 0 Å². The summed E-state index contributed by atoms with van der Waals surface area (Å²) in [7, 11) is 3.32. The van der Waals surface area contributed by atoms with Crippen molar-refractivity contribution in [3.63, 3.8) is 0 Å². The standard InChI is InChI=1S/C23H30N2O2S/c1-26-21-14-13-18(17-22(21)27-2)15-16-24-23(28)25(19-9-5-3-6-10-19)20-11-7-4-8-12-20/h3,5-6,9-10,13-14,17,20H,4,7-8,11-12,15-16H2,1-2H3,(H,24,28). The van der Waals surface area contributed by atoms with Gasteiger partial charge in [0.1, 0.15) is 0 Å². The molecule has 1 aliphatic rings. The lowest BCUT2D eigenvalue weighted by atomic mass is 9.94.